The highest BCUT2D eigenvalue weighted by atomic mass is 16.4. The van der Waals surface area contributed by atoms with Crippen LogP contribution in [0.25, 0.3) is 0 Å². The number of carboxylic acid groups (broad SMARTS) is 1. The summed E-state index contributed by atoms with van der Waals surface area (Å²) in [5.74, 6) is -0.657. The van der Waals surface area contributed by atoms with E-state index in [4.69, 9.17) is 5.11 Å². The molecule has 1 saturated heterocycles. The summed E-state index contributed by atoms with van der Waals surface area (Å²) in [4.78, 5) is 27.1. The van der Waals surface area contributed by atoms with Crippen LogP contribution in [0.5, 0.6) is 0 Å². The molecule has 2 atom stereocenters. The number of carbonyl (C=O) groups excluding carboxylic acids is 1. The summed E-state index contributed by atoms with van der Waals surface area (Å²) in [6.45, 7) is 8.37. The summed E-state index contributed by atoms with van der Waals surface area (Å²) in [6, 6.07) is 0.327. The van der Waals surface area contributed by atoms with Crippen LogP contribution >= 0.6 is 0 Å². The summed E-state index contributed by atoms with van der Waals surface area (Å²) in [5, 5.41) is 8.84. The van der Waals surface area contributed by atoms with Crippen LogP contribution < -0.4 is 0 Å². The molecule has 0 saturated carbocycles. The molecule has 1 aliphatic rings. The number of hydrogen-bond donors (Lipinski definition) is 1. The maximum Gasteiger partial charge on any atom is 0.320 e. The summed E-state index contributed by atoms with van der Waals surface area (Å²) < 4.78 is 0. The topological polar surface area (TPSA) is 60.9 Å². The Balaban J connectivity index is 2.59. The van der Waals surface area contributed by atoms with Crippen molar-refractivity contribution < 1.29 is 14.7 Å². The first kappa shape index (κ1) is 16.8. The van der Waals surface area contributed by atoms with Crippen molar-refractivity contribution in [2.45, 2.75) is 58.9 Å². The molecule has 1 fully saturated rings. The van der Waals surface area contributed by atoms with Crippen LogP contribution in [-0.4, -0.2) is 52.6 Å². The quantitative estimate of drug-likeness (QED) is 0.782. The molecule has 0 radical (unpaired) electrons. The van der Waals surface area contributed by atoms with E-state index in [-0.39, 0.29) is 24.4 Å². The Kier molecular flexibility index (Phi) is 6.82. The normalized spacial score (nSPS) is 19.9. The van der Waals surface area contributed by atoms with Crippen LogP contribution in [-0.2, 0) is 4.79 Å². The average molecular weight is 284 g/mol. The molecule has 1 N–H and O–H groups in total. The minimum Gasteiger partial charge on any atom is -0.481 e. The Morgan fingerprint density at radius 2 is 2.10 bits per heavy atom. The van der Waals surface area contributed by atoms with Crippen LogP contribution in [0.1, 0.15) is 52.9 Å². The Morgan fingerprint density at radius 3 is 2.65 bits per heavy atom. The van der Waals surface area contributed by atoms with E-state index < -0.39 is 5.97 Å². The van der Waals surface area contributed by atoms with Crippen molar-refractivity contribution in [1.29, 1.82) is 0 Å². The molecule has 0 aromatic carbocycles. The fourth-order valence-electron chi connectivity index (χ4n) is 2.66. The SMILES string of the molecule is CCCCN(C(=O)N1CCC(CC(=O)O)C1)C(C)CC. The molecule has 20 heavy (non-hydrogen) atoms. The number of nitrogens with zero attached hydrogens (tertiary/aromatic N) is 2. The fraction of sp³-hybridized carbons (Fsp3) is 0.867. The second-order valence-corrected chi connectivity index (χ2v) is 5.79. The molecule has 5 heteroatoms. The maximum absolute atomic E-state index is 12.6. The van der Waals surface area contributed by atoms with E-state index in [1.165, 1.54) is 0 Å². The smallest absolute Gasteiger partial charge is 0.320 e. The van der Waals surface area contributed by atoms with Gasteiger partial charge in [0.1, 0.15) is 0 Å². The van der Waals surface area contributed by atoms with Crippen LogP contribution in [0.15, 0.2) is 0 Å². The third-order valence-corrected chi connectivity index (χ3v) is 4.14. The van der Waals surface area contributed by atoms with Gasteiger partial charge in [-0.15, -0.1) is 0 Å². The monoisotopic (exact) mass is 284 g/mol. The molecule has 1 rings (SSSR count). The lowest BCUT2D eigenvalue weighted by Crippen LogP contribution is -2.46. The fourth-order valence-corrected chi connectivity index (χ4v) is 2.66. The lowest BCUT2D eigenvalue weighted by molar-refractivity contribution is -0.138. The van der Waals surface area contributed by atoms with Crippen LogP contribution in [0.2, 0.25) is 0 Å². The third-order valence-electron chi connectivity index (χ3n) is 4.14. The molecule has 116 valence electrons. The van der Waals surface area contributed by atoms with E-state index in [1.54, 1.807) is 0 Å². The number of carbonyl (C=O) groups is 2. The second kappa shape index (κ2) is 8.12. The van der Waals surface area contributed by atoms with Gasteiger partial charge in [-0.1, -0.05) is 20.3 Å². The summed E-state index contributed by atoms with van der Waals surface area (Å²) in [7, 11) is 0. The molecular weight excluding hydrogens is 256 g/mol. The van der Waals surface area contributed by atoms with Crippen molar-refractivity contribution in [3.8, 4) is 0 Å². The van der Waals surface area contributed by atoms with E-state index in [2.05, 4.69) is 20.8 Å². The highest BCUT2D eigenvalue weighted by molar-refractivity contribution is 5.75. The van der Waals surface area contributed by atoms with Gasteiger partial charge < -0.3 is 14.9 Å². The summed E-state index contributed by atoms with van der Waals surface area (Å²) in [5.41, 5.74) is 0. The maximum atomic E-state index is 12.6. The molecule has 1 heterocycles. The molecule has 0 spiro atoms. The lowest BCUT2D eigenvalue weighted by atomic mass is 10.1. The number of hydrogen-bond acceptors (Lipinski definition) is 2. The first-order valence-corrected chi connectivity index (χ1v) is 7.76. The Labute approximate surface area is 121 Å². The van der Waals surface area contributed by atoms with Crippen molar-refractivity contribution in [2.24, 2.45) is 5.92 Å². The van der Waals surface area contributed by atoms with Gasteiger partial charge in [-0.25, -0.2) is 4.79 Å². The highest BCUT2D eigenvalue weighted by Gasteiger charge is 2.31. The van der Waals surface area contributed by atoms with Crippen molar-refractivity contribution in [3.63, 3.8) is 0 Å². The van der Waals surface area contributed by atoms with Gasteiger partial charge in [0.15, 0.2) is 0 Å². The minimum atomic E-state index is -0.769. The molecule has 0 bridgehead atoms. The van der Waals surface area contributed by atoms with Gasteiger partial charge in [-0.2, -0.15) is 0 Å². The average Bonchev–Trinajstić information content (AvgIpc) is 2.86. The van der Waals surface area contributed by atoms with Crippen LogP contribution in [0, 0.1) is 5.92 Å². The van der Waals surface area contributed by atoms with Crippen molar-refractivity contribution in [1.82, 2.24) is 9.80 Å². The zero-order chi connectivity index (χ0) is 15.1. The molecular formula is C15H28N2O3. The molecule has 5 nitrogen and oxygen atoms in total. The molecule has 0 aromatic rings. The molecule has 1 aliphatic heterocycles. The van der Waals surface area contributed by atoms with E-state index in [0.717, 1.165) is 32.2 Å². The predicted octanol–water partition coefficient (Wildman–Crippen LogP) is 2.80. The largest absolute Gasteiger partial charge is 0.481 e. The van der Waals surface area contributed by atoms with Gasteiger partial charge in [-0.3, -0.25) is 4.79 Å². The van der Waals surface area contributed by atoms with Gasteiger partial charge in [-0.05, 0) is 32.1 Å². The second-order valence-electron chi connectivity index (χ2n) is 5.79. The highest BCUT2D eigenvalue weighted by Crippen LogP contribution is 2.22. The Hall–Kier alpha value is -1.26. The zero-order valence-electron chi connectivity index (χ0n) is 13.0. The van der Waals surface area contributed by atoms with Crippen molar-refractivity contribution in [3.05, 3.63) is 0 Å². The van der Waals surface area contributed by atoms with E-state index >= 15 is 0 Å². The molecule has 2 amide bonds. The van der Waals surface area contributed by atoms with E-state index in [1.807, 2.05) is 9.80 Å². The van der Waals surface area contributed by atoms with Gasteiger partial charge in [0, 0.05) is 32.1 Å². The number of urea groups is 1. The predicted molar refractivity (Wildman–Crippen MR) is 78.7 cm³/mol. The number of carboxylic acids is 1. The van der Waals surface area contributed by atoms with Gasteiger partial charge in [0.25, 0.3) is 0 Å². The number of rotatable bonds is 7. The number of amides is 2. The number of aliphatic carboxylic acids is 1. The Morgan fingerprint density at radius 1 is 1.40 bits per heavy atom. The van der Waals surface area contributed by atoms with Crippen LogP contribution in [0.4, 0.5) is 4.79 Å². The van der Waals surface area contributed by atoms with Gasteiger partial charge in [0.2, 0.25) is 0 Å². The van der Waals surface area contributed by atoms with Gasteiger partial charge >= 0.3 is 12.0 Å². The number of likely N-dealkylation sites (tertiary alicyclic amines) is 1. The first-order chi connectivity index (χ1) is 9.49. The summed E-state index contributed by atoms with van der Waals surface area (Å²) >= 11 is 0. The van der Waals surface area contributed by atoms with Crippen molar-refractivity contribution >= 4 is 12.0 Å². The van der Waals surface area contributed by atoms with Crippen LogP contribution in [0.3, 0.4) is 0 Å². The first-order valence-electron chi connectivity index (χ1n) is 7.76. The zero-order valence-corrected chi connectivity index (χ0v) is 13.0. The summed E-state index contributed by atoms with van der Waals surface area (Å²) in [6.07, 6.45) is 4.01. The third kappa shape index (κ3) is 4.69. The molecule has 2 unspecified atom stereocenters. The van der Waals surface area contributed by atoms with Crippen molar-refractivity contribution in [2.75, 3.05) is 19.6 Å². The van der Waals surface area contributed by atoms with E-state index in [9.17, 15) is 9.59 Å². The minimum absolute atomic E-state index is 0.0840. The molecule has 0 aliphatic carbocycles. The number of unbranched alkanes of at least 4 members (excludes halogenated alkanes) is 1. The lowest BCUT2D eigenvalue weighted by Gasteiger charge is -2.32. The van der Waals surface area contributed by atoms with Gasteiger partial charge in [0.05, 0.1) is 0 Å². The Bertz CT molecular complexity index is 333. The molecule has 0 aromatic heterocycles. The standard InChI is InChI=1S/C15H28N2O3/c1-4-6-8-17(12(3)5-2)15(20)16-9-7-13(11-16)10-14(18)19/h12-13H,4-11H2,1-3H3,(H,18,19). The van der Waals surface area contributed by atoms with E-state index in [0.29, 0.717) is 13.1 Å².